The summed E-state index contributed by atoms with van der Waals surface area (Å²) in [6, 6.07) is 14.9. The Morgan fingerprint density at radius 2 is 2.00 bits per heavy atom. The maximum absolute atomic E-state index is 13.8. The fraction of sp³-hybridized carbons (Fsp3) is 0.136. The molecular weight excluding hydrogens is 383 g/mol. The number of nitrogens with zero attached hydrogens (tertiary/aromatic N) is 4. The molecule has 2 aromatic heterocycles. The number of halogens is 1. The van der Waals surface area contributed by atoms with Gasteiger partial charge < -0.3 is 15.2 Å². The highest BCUT2D eigenvalue weighted by atomic mass is 19.1. The minimum Gasteiger partial charge on any atom is -0.336 e. The van der Waals surface area contributed by atoms with E-state index in [1.807, 2.05) is 43.6 Å². The molecule has 0 radical (unpaired) electrons. The number of hydrogen-bond donors (Lipinski definition) is 2. The summed E-state index contributed by atoms with van der Waals surface area (Å²) in [6.45, 7) is 0.301. The molecule has 30 heavy (non-hydrogen) atoms. The van der Waals surface area contributed by atoms with Gasteiger partial charge in [-0.15, -0.1) is 0 Å². The highest BCUT2D eigenvalue weighted by Crippen LogP contribution is 2.21. The number of carbonyl (C=O) groups is 1. The van der Waals surface area contributed by atoms with Gasteiger partial charge in [-0.3, -0.25) is 0 Å². The van der Waals surface area contributed by atoms with Crippen LogP contribution in [0, 0.1) is 5.82 Å². The van der Waals surface area contributed by atoms with Crippen LogP contribution in [0.5, 0.6) is 0 Å². The van der Waals surface area contributed by atoms with Crippen molar-refractivity contribution < 1.29 is 9.18 Å². The number of benzene rings is 2. The van der Waals surface area contributed by atoms with Crippen LogP contribution in [-0.2, 0) is 13.6 Å². The van der Waals surface area contributed by atoms with E-state index in [-0.39, 0.29) is 11.8 Å². The van der Waals surface area contributed by atoms with E-state index in [9.17, 15) is 9.18 Å². The quantitative estimate of drug-likeness (QED) is 0.518. The first kappa shape index (κ1) is 19.4. The first-order chi connectivity index (χ1) is 14.6. The van der Waals surface area contributed by atoms with Gasteiger partial charge in [-0.2, -0.15) is 5.10 Å². The molecule has 0 bridgehead atoms. The number of rotatable bonds is 6. The molecule has 0 aliphatic carbocycles. The summed E-state index contributed by atoms with van der Waals surface area (Å²) in [6.07, 6.45) is 6.98. The van der Waals surface area contributed by atoms with Gasteiger partial charge in [-0.05, 0) is 29.8 Å². The van der Waals surface area contributed by atoms with E-state index in [0.29, 0.717) is 17.9 Å². The van der Waals surface area contributed by atoms with Gasteiger partial charge in [0.1, 0.15) is 17.7 Å². The topological polar surface area (TPSA) is 76.8 Å². The van der Waals surface area contributed by atoms with Crippen LogP contribution in [0.4, 0.5) is 9.18 Å². The molecule has 0 aliphatic heterocycles. The Labute approximate surface area is 173 Å². The van der Waals surface area contributed by atoms with Gasteiger partial charge in [-0.1, -0.05) is 30.3 Å². The van der Waals surface area contributed by atoms with Crippen LogP contribution in [0.1, 0.15) is 23.0 Å². The second-order valence-electron chi connectivity index (χ2n) is 6.84. The third-order valence-corrected chi connectivity index (χ3v) is 4.68. The van der Waals surface area contributed by atoms with E-state index in [1.165, 1.54) is 12.1 Å². The number of imidazole rings is 1. The Hall–Kier alpha value is -3.94. The Bertz CT molecular complexity index is 1140. The molecule has 0 fully saturated rings. The number of hydrogen-bond acceptors (Lipinski definition) is 3. The molecule has 1 atom stereocenters. The molecule has 2 amide bonds. The van der Waals surface area contributed by atoms with Crippen molar-refractivity contribution in [1.29, 1.82) is 0 Å². The first-order valence-electron chi connectivity index (χ1n) is 9.46. The molecule has 0 aliphatic rings. The van der Waals surface area contributed by atoms with Gasteiger partial charge in [0, 0.05) is 37.7 Å². The third kappa shape index (κ3) is 4.38. The summed E-state index contributed by atoms with van der Waals surface area (Å²) in [4.78, 5) is 16.9. The predicted molar refractivity (Wildman–Crippen MR) is 110 cm³/mol. The van der Waals surface area contributed by atoms with Gasteiger partial charge in [0.05, 0.1) is 11.9 Å². The zero-order valence-electron chi connectivity index (χ0n) is 16.4. The lowest BCUT2D eigenvalue weighted by atomic mass is 10.1. The first-order valence-corrected chi connectivity index (χ1v) is 9.46. The fourth-order valence-corrected chi connectivity index (χ4v) is 3.18. The molecule has 0 unspecified atom stereocenters. The van der Waals surface area contributed by atoms with Crippen LogP contribution in [0.15, 0.2) is 79.4 Å². The minimum absolute atomic E-state index is 0.301. The second-order valence-corrected chi connectivity index (χ2v) is 6.84. The lowest BCUT2D eigenvalue weighted by Gasteiger charge is -2.19. The van der Waals surface area contributed by atoms with E-state index in [0.717, 1.165) is 11.3 Å². The lowest BCUT2D eigenvalue weighted by Crippen LogP contribution is -2.38. The smallest absolute Gasteiger partial charge is 0.315 e. The summed E-state index contributed by atoms with van der Waals surface area (Å²) in [7, 11) is 1.83. The number of aromatic nitrogens is 4. The molecular formula is C22H21FN6O. The van der Waals surface area contributed by atoms with Gasteiger partial charge in [0.25, 0.3) is 0 Å². The predicted octanol–water partition coefficient (Wildman–Crippen LogP) is 3.33. The minimum atomic E-state index is -0.590. The summed E-state index contributed by atoms with van der Waals surface area (Å²) < 4.78 is 17.3. The Morgan fingerprint density at radius 1 is 1.17 bits per heavy atom. The molecule has 8 heteroatoms. The number of carbonyl (C=O) groups excluding carboxylic acids is 1. The van der Waals surface area contributed by atoms with Crippen molar-refractivity contribution in [3.8, 4) is 5.69 Å². The standard InChI is InChI=1S/C22H21FN6O/c1-28-11-10-24-21(28)20(17-6-5-7-18(23)12-17)27-22(30)25-13-16-14-26-29(15-16)19-8-3-2-4-9-19/h2-12,14-15,20H,13H2,1H3,(H2,25,27,30)/t20-/m0/s1. The number of amides is 2. The molecule has 4 rings (SSSR count). The van der Waals surface area contributed by atoms with Crippen LogP contribution >= 0.6 is 0 Å². The van der Waals surface area contributed by atoms with Crippen LogP contribution < -0.4 is 10.6 Å². The van der Waals surface area contributed by atoms with Crippen molar-refractivity contribution in [1.82, 2.24) is 30.0 Å². The molecule has 0 spiro atoms. The Balaban J connectivity index is 1.45. The number of urea groups is 1. The van der Waals surface area contributed by atoms with E-state index >= 15 is 0 Å². The molecule has 0 saturated carbocycles. The van der Waals surface area contributed by atoms with Crippen molar-refractivity contribution in [3.63, 3.8) is 0 Å². The number of para-hydroxylation sites is 1. The van der Waals surface area contributed by atoms with Crippen molar-refractivity contribution in [2.75, 3.05) is 0 Å². The zero-order chi connectivity index (χ0) is 20.9. The van der Waals surface area contributed by atoms with Crippen LogP contribution in [0.3, 0.4) is 0 Å². The molecule has 2 heterocycles. The normalized spacial score (nSPS) is 11.8. The Kier molecular flexibility index (Phi) is 5.56. The van der Waals surface area contributed by atoms with Crippen LogP contribution in [0.25, 0.3) is 5.69 Å². The van der Waals surface area contributed by atoms with Gasteiger partial charge in [-0.25, -0.2) is 18.9 Å². The maximum Gasteiger partial charge on any atom is 0.315 e. The maximum atomic E-state index is 13.8. The average Bonchev–Trinajstić information content (AvgIpc) is 3.40. The largest absolute Gasteiger partial charge is 0.336 e. The van der Waals surface area contributed by atoms with E-state index < -0.39 is 6.04 Å². The lowest BCUT2D eigenvalue weighted by molar-refractivity contribution is 0.237. The molecule has 2 aromatic carbocycles. The number of nitrogens with one attached hydrogen (secondary N) is 2. The summed E-state index contributed by atoms with van der Waals surface area (Å²) in [5.41, 5.74) is 2.40. The SMILES string of the molecule is Cn1ccnc1[C@@H](NC(=O)NCc1cnn(-c2ccccc2)c1)c1cccc(F)c1. The Morgan fingerprint density at radius 3 is 2.73 bits per heavy atom. The zero-order valence-corrected chi connectivity index (χ0v) is 16.4. The molecule has 2 N–H and O–H groups in total. The van der Waals surface area contributed by atoms with Gasteiger partial charge >= 0.3 is 6.03 Å². The monoisotopic (exact) mass is 404 g/mol. The average molecular weight is 404 g/mol. The van der Waals surface area contributed by atoms with Crippen molar-refractivity contribution in [2.45, 2.75) is 12.6 Å². The molecule has 152 valence electrons. The van der Waals surface area contributed by atoms with E-state index in [2.05, 4.69) is 20.7 Å². The van der Waals surface area contributed by atoms with E-state index in [1.54, 1.807) is 40.0 Å². The van der Waals surface area contributed by atoms with Crippen molar-refractivity contribution in [3.05, 3.63) is 102 Å². The third-order valence-electron chi connectivity index (χ3n) is 4.68. The van der Waals surface area contributed by atoms with Crippen molar-refractivity contribution >= 4 is 6.03 Å². The van der Waals surface area contributed by atoms with E-state index in [4.69, 9.17) is 0 Å². The fourth-order valence-electron chi connectivity index (χ4n) is 3.18. The molecule has 0 saturated heterocycles. The summed E-state index contributed by atoms with van der Waals surface area (Å²) in [5.74, 6) is 0.231. The van der Waals surface area contributed by atoms with Crippen LogP contribution in [0.2, 0.25) is 0 Å². The number of aryl methyl sites for hydroxylation is 1. The van der Waals surface area contributed by atoms with Gasteiger partial charge in [0.2, 0.25) is 0 Å². The highest BCUT2D eigenvalue weighted by Gasteiger charge is 2.21. The second kappa shape index (κ2) is 8.60. The van der Waals surface area contributed by atoms with Gasteiger partial charge in [0.15, 0.2) is 0 Å². The molecule has 7 nitrogen and oxygen atoms in total. The summed E-state index contributed by atoms with van der Waals surface area (Å²) >= 11 is 0. The summed E-state index contributed by atoms with van der Waals surface area (Å²) in [5, 5.41) is 10.0. The molecule has 4 aromatic rings. The highest BCUT2D eigenvalue weighted by molar-refractivity contribution is 5.74. The van der Waals surface area contributed by atoms with Crippen LogP contribution in [-0.4, -0.2) is 25.4 Å². The van der Waals surface area contributed by atoms with Crippen molar-refractivity contribution in [2.24, 2.45) is 7.05 Å².